The highest BCUT2D eigenvalue weighted by molar-refractivity contribution is 7.90. The predicted octanol–water partition coefficient (Wildman–Crippen LogP) is 2.97. The zero-order valence-corrected chi connectivity index (χ0v) is 14.5. The van der Waals surface area contributed by atoms with Gasteiger partial charge in [0.1, 0.15) is 5.01 Å². The fraction of sp³-hybridized carbons (Fsp3) is 0.308. The quantitative estimate of drug-likeness (QED) is 0.906. The average molecular weight is 360 g/mol. The Kier molecular flexibility index (Phi) is 4.84. The van der Waals surface area contributed by atoms with Crippen LogP contribution in [0.15, 0.2) is 23.1 Å². The topological polar surface area (TPSA) is 89.0 Å². The molecule has 1 N–H and O–H groups in total. The number of hydrogen-bond acceptors (Lipinski definition) is 6. The molecule has 1 heterocycles. The van der Waals surface area contributed by atoms with Gasteiger partial charge in [0.25, 0.3) is 5.91 Å². The van der Waals surface area contributed by atoms with E-state index in [2.05, 4.69) is 15.5 Å². The maximum Gasteiger partial charge on any atom is 0.259 e. The third kappa shape index (κ3) is 3.82. The molecule has 0 fully saturated rings. The molecular weight excluding hydrogens is 346 g/mol. The fourth-order valence-electron chi connectivity index (χ4n) is 1.59. The molecule has 0 aliphatic rings. The van der Waals surface area contributed by atoms with E-state index < -0.39 is 15.7 Å². The van der Waals surface area contributed by atoms with E-state index in [1.165, 1.54) is 29.5 Å². The first kappa shape index (κ1) is 16.9. The SMILES string of the molecule is CC(C)c1nnc(NC(=O)c2cc(S(C)(=O)=O)ccc2Cl)s1. The van der Waals surface area contributed by atoms with Crippen molar-refractivity contribution in [1.29, 1.82) is 0 Å². The molecule has 0 bridgehead atoms. The first-order chi connectivity index (χ1) is 10.2. The van der Waals surface area contributed by atoms with Gasteiger partial charge in [-0.1, -0.05) is 36.8 Å². The van der Waals surface area contributed by atoms with Gasteiger partial charge in [-0.15, -0.1) is 10.2 Å². The van der Waals surface area contributed by atoms with Crippen LogP contribution in [-0.2, 0) is 9.84 Å². The van der Waals surface area contributed by atoms with E-state index in [1.54, 1.807) is 0 Å². The van der Waals surface area contributed by atoms with Crippen LogP contribution in [0.1, 0.15) is 35.1 Å². The highest BCUT2D eigenvalue weighted by Crippen LogP contribution is 2.25. The van der Waals surface area contributed by atoms with E-state index in [-0.39, 0.29) is 21.4 Å². The smallest absolute Gasteiger partial charge is 0.259 e. The second-order valence-electron chi connectivity index (χ2n) is 4.97. The van der Waals surface area contributed by atoms with Crippen molar-refractivity contribution in [2.24, 2.45) is 0 Å². The molecule has 1 amide bonds. The number of sulfone groups is 1. The Morgan fingerprint density at radius 2 is 2.00 bits per heavy atom. The van der Waals surface area contributed by atoms with E-state index >= 15 is 0 Å². The molecular formula is C13H14ClN3O3S2. The summed E-state index contributed by atoms with van der Waals surface area (Å²) in [5.41, 5.74) is 0.0749. The van der Waals surface area contributed by atoms with Gasteiger partial charge < -0.3 is 0 Å². The molecule has 2 rings (SSSR count). The van der Waals surface area contributed by atoms with Crippen LogP contribution in [0.2, 0.25) is 5.02 Å². The number of anilines is 1. The summed E-state index contributed by atoms with van der Waals surface area (Å²) in [6.45, 7) is 3.94. The summed E-state index contributed by atoms with van der Waals surface area (Å²) in [7, 11) is -3.42. The Morgan fingerprint density at radius 3 is 2.55 bits per heavy atom. The third-order valence-corrected chi connectivity index (χ3v) is 5.34. The lowest BCUT2D eigenvalue weighted by Gasteiger charge is -2.06. The number of hydrogen-bond donors (Lipinski definition) is 1. The van der Waals surface area contributed by atoms with Crippen molar-refractivity contribution >= 4 is 43.8 Å². The molecule has 0 spiro atoms. The molecule has 1 aromatic heterocycles. The van der Waals surface area contributed by atoms with Gasteiger partial charge in [0.2, 0.25) is 5.13 Å². The summed E-state index contributed by atoms with van der Waals surface area (Å²) in [5.74, 6) is -0.317. The fourth-order valence-corrected chi connectivity index (χ4v) is 3.18. The van der Waals surface area contributed by atoms with Gasteiger partial charge >= 0.3 is 0 Å². The first-order valence-corrected chi connectivity index (χ1v) is 9.41. The average Bonchev–Trinajstić information content (AvgIpc) is 2.86. The summed E-state index contributed by atoms with van der Waals surface area (Å²) < 4.78 is 23.1. The van der Waals surface area contributed by atoms with E-state index in [1.807, 2.05) is 13.8 Å². The number of amides is 1. The summed E-state index contributed by atoms with van der Waals surface area (Å²) >= 11 is 7.24. The van der Waals surface area contributed by atoms with E-state index in [4.69, 9.17) is 11.6 Å². The lowest BCUT2D eigenvalue weighted by Crippen LogP contribution is -2.13. The maximum absolute atomic E-state index is 12.2. The van der Waals surface area contributed by atoms with Crippen molar-refractivity contribution in [2.45, 2.75) is 24.7 Å². The number of benzene rings is 1. The van der Waals surface area contributed by atoms with Crippen LogP contribution in [0.3, 0.4) is 0 Å². The van der Waals surface area contributed by atoms with Gasteiger partial charge in [0, 0.05) is 12.2 Å². The third-order valence-electron chi connectivity index (χ3n) is 2.77. The summed E-state index contributed by atoms with van der Waals surface area (Å²) in [4.78, 5) is 12.3. The minimum Gasteiger partial charge on any atom is -0.296 e. The molecule has 1 aromatic carbocycles. The Bertz CT molecular complexity index is 816. The Labute approximate surface area is 137 Å². The minimum absolute atomic E-state index is 0.0298. The molecule has 0 radical (unpaired) electrons. The second-order valence-corrected chi connectivity index (χ2v) is 8.40. The number of carbonyl (C=O) groups is 1. The van der Waals surface area contributed by atoms with E-state index in [0.29, 0.717) is 5.13 Å². The summed E-state index contributed by atoms with van der Waals surface area (Å²) in [6, 6.07) is 3.99. The number of rotatable bonds is 4. The minimum atomic E-state index is -3.42. The van der Waals surface area contributed by atoms with E-state index in [0.717, 1.165) is 11.3 Å². The van der Waals surface area contributed by atoms with E-state index in [9.17, 15) is 13.2 Å². The molecule has 6 nitrogen and oxygen atoms in total. The lowest BCUT2D eigenvalue weighted by molar-refractivity contribution is 0.102. The highest BCUT2D eigenvalue weighted by Gasteiger charge is 2.17. The van der Waals surface area contributed by atoms with Gasteiger partial charge in [0.05, 0.1) is 15.5 Å². The summed E-state index contributed by atoms with van der Waals surface area (Å²) in [5, 5.41) is 11.7. The number of nitrogens with one attached hydrogen (secondary N) is 1. The van der Waals surface area contributed by atoms with Crippen molar-refractivity contribution in [3.05, 3.63) is 33.8 Å². The molecule has 0 aliphatic heterocycles. The van der Waals surface area contributed by atoms with Crippen LogP contribution in [-0.4, -0.2) is 30.8 Å². The largest absolute Gasteiger partial charge is 0.296 e. The molecule has 0 aliphatic carbocycles. The second kappa shape index (κ2) is 6.31. The monoisotopic (exact) mass is 359 g/mol. The van der Waals surface area contributed by atoms with Crippen LogP contribution >= 0.6 is 22.9 Å². The van der Waals surface area contributed by atoms with Gasteiger partial charge in [-0.2, -0.15) is 0 Å². The number of aromatic nitrogens is 2. The Hall–Kier alpha value is -1.51. The zero-order chi connectivity index (χ0) is 16.5. The maximum atomic E-state index is 12.2. The molecule has 9 heteroatoms. The summed E-state index contributed by atoms with van der Waals surface area (Å²) in [6.07, 6.45) is 1.07. The zero-order valence-electron chi connectivity index (χ0n) is 12.1. The standard InChI is InChI=1S/C13H14ClN3O3S2/c1-7(2)12-16-17-13(21-12)15-11(18)9-6-8(22(3,19)20)4-5-10(9)14/h4-7H,1-3H3,(H,15,17,18). The first-order valence-electron chi connectivity index (χ1n) is 6.33. The highest BCUT2D eigenvalue weighted by atomic mass is 35.5. The molecule has 0 saturated carbocycles. The number of halogens is 1. The van der Waals surface area contributed by atoms with Crippen molar-refractivity contribution in [2.75, 3.05) is 11.6 Å². The predicted molar refractivity (Wildman–Crippen MR) is 86.5 cm³/mol. The van der Waals surface area contributed by atoms with Gasteiger partial charge in [-0.25, -0.2) is 8.42 Å². The van der Waals surface area contributed by atoms with Crippen LogP contribution < -0.4 is 5.32 Å². The number of carbonyl (C=O) groups excluding carboxylic acids is 1. The van der Waals surface area contributed by atoms with Gasteiger partial charge in [-0.3, -0.25) is 10.1 Å². The molecule has 0 atom stereocenters. The molecule has 0 saturated heterocycles. The van der Waals surface area contributed by atoms with Crippen molar-refractivity contribution < 1.29 is 13.2 Å². The van der Waals surface area contributed by atoms with Crippen LogP contribution in [0.25, 0.3) is 0 Å². The lowest BCUT2D eigenvalue weighted by atomic mass is 10.2. The Balaban J connectivity index is 2.29. The van der Waals surface area contributed by atoms with Crippen LogP contribution in [0, 0.1) is 0 Å². The van der Waals surface area contributed by atoms with Crippen LogP contribution in [0.5, 0.6) is 0 Å². The molecule has 2 aromatic rings. The van der Waals surface area contributed by atoms with Crippen molar-refractivity contribution in [3.8, 4) is 0 Å². The van der Waals surface area contributed by atoms with Gasteiger partial charge in [-0.05, 0) is 18.2 Å². The molecule has 0 unspecified atom stereocenters. The van der Waals surface area contributed by atoms with Gasteiger partial charge in [0.15, 0.2) is 9.84 Å². The molecule has 118 valence electrons. The van der Waals surface area contributed by atoms with Crippen LogP contribution in [0.4, 0.5) is 5.13 Å². The number of nitrogens with zero attached hydrogens (tertiary/aromatic N) is 2. The van der Waals surface area contributed by atoms with Crippen molar-refractivity contribution in [3.63, 3.8) is 0 Å². The van der Waals surface area contributed by atoms with Crippen molar-refractivity contribution in [1.82, 2.24) is 10.2 Å². The normalized spacial score (nSPS) is 11.7. The Morgan fingerprint density at radius 1 is 1.32 bits per heavy atom. The molecule has 22 heavy (non-hydrogen) atoms.